The molecular weight excluding hydrogens is 240 g/mol. The Morgan fingerprint density at radius 1 is 1.42 bits per heavy atom. The molecule has 4 nitrogen and oxygen atoms in total. The van der Waals surface area contributed by atoms with Crippen LogP contribution in [0.15, 0.2) is 24.3 Å². The number of fused-ring (bicyclic) bond motifs is 1. The zero-order valence-electron chi connectivity index (χ0n) is 11.1. The lowest BCUT2D eigenvalue weighted by Crippen LogP contribution is -2.45. The van der Waals surface area contributed by atoms with E-state index in [0.29, 0.717) is 13.2 Å². The lowest BCUT2D eigenvalue weighted by atomic mass is 10.1. The van der Waals surface area contributed by atoms with Crippen LogP contribution in [0.1, 0.15) is 18.4 Å². The van der Waals surface area contributed by atoms with Crippen molar-refractivity contribution in [2.75, 3.05) is 31.2 Å². The normalized spacial score (nSPS) is 22.1. The maximum absolute atomic E-state index is 12.1. The first-order valence-electron chi connectivity index (χ1n) is 7.03. The Morgan fingerprint density at radius 2 is 2.32 bits per heavy atom. The zero-order valence-corrected chi connectivity index (χ0v) is 11.1. The van der Waals surface area contributed by atoms with E-state index < -0.39 is 0 Å². The molecule has 0 bridgehead atoms. The number of para-hydroxylation sites is 1. The molecular formula is C15H20N2O2. The molecule has 0 aromatic heterocycles. The van der Waals surface area contributed by atoms with Gasteiger partial charge in [0.25, 0.3) is 0 Å². The Hall–Kier alpha value is -1.55. The van der Waals surface area contributed by atoms with Crippen LogP contribution in [-0.2, 0) is 16.0 Å². The number of benzene rings is 1. The molecule has 2 heterocycles. The van der Waals surface area contributed by atoms with Gasteiger partial charge in [0.2, 0.25) is 5.91 Å². The number of nitrogens with one attached hydrogen (secondary N) is 1. The molecule has 1 N–H and O–H groups in total. The van der Waals surface area contributed by atoms with E-state index in [-0.39, 0.29) is 11.9 Å². The predicted octanol–water partition coefficient (Wildman–Crippen LogP) is 1.34. The van der Waals surface area contributed by atoms with Crippen molar-refractivity contribution in [3.05, 3.63) is 29.8 Å². The van der Waals surface area contributed by atoms with Crippen LogP contribution in [0, 0.1) is 0 Å². The molecule has 19 heavy (non-hydrogen) atoms. The lowest BCUT2D eigenvalue weighted by Gasteiger charge is -2.25. The first kappa shape index (κ1) is 12.5. The number of carbonyl (C=O) groups excluding carboxylic acids is 1. The highest BCUT2D eigenvalue weighted by Gasteiger charge is 2.22. The van der Waals surface area contributed by atoms with Crippen molar-refractivity contribution in [3.63, 3.8) is 0 Å². The highest BCUT2D eigenvalue weighted by molar-refractivity contribution is 5.82. The first-order chi connectivity index (χ1) is 9.33. The van der Waals surface area contributed by atoms with Crippen LogP contribution in [0.3, 0.4) is 0 Å². The molecule has 4 heteroatoms. The molecule has 1 aromatic carbocycles. The van der Waals surface area contributed by atoms with Gasteiger partial charge in [0.15, 0.2) is 0 Å². The van der Waals surface area contributed by atoms with Crippen molar-refractivity contribution in [2.24, 2.45) is 0 Å². The summed E-state index contributed by atoms with van der Waals surface area (Å²) in [7, 11) is 0. The molecule has 1 fully saturated rings. The van der Waals surface area contributed by atoms with Gasteiger partial charge in [-0.1, -0.05) is 18.2 Å². The average Bonchev–Trinajstić information content (AvgIpc) is 2.83. The zero-order chi connectivity index (χ0) is 13.1. The second-order valence-corrected chi connectivity index (χ2v) is 5.28. The number of rotatable bonds is 3. The second-order valence-electron chi connectivity index (χ2n) is 5.28. The molecule has 0 radical (unpaired) electrons. The Kier molecular flexibility index (Phi) is 3.69. The highest BCUT2D eigenvalue weighted by Crippen LogP contribution is 2.26. The third-order valence-corrected chi connectivity index (χ3v) is 3.84. The van der Waals surface area contributed by atoms with E-state index in [1.165, 1.54) is 11.3 Å². The minimum atomic E-state index is 0.104. The fraction of sp³-hybridized carbons (Fsp3) is 0.533. The van der Waals surface area contributed by atoms with Gasteiger partial charge in [-0.2, -0.15) is 0 Å². The SMILES string of the molecule is O=C(CN1CCc2ccccc21)N[C@@H]1CCCOC1. The van der Waals surface area contributed by atoms with E-state index in [9.17, 15) is 4.79 Å². The number of anilines is 1. The molecule has 0 aliphatic carbocycles. The number of ether oxygens (including phenoxy) is 1. The van der Waals surface area contributed by atoms with Crippen molar-refractivity contribution in [2.45, 2.75) is 25.3 Å². The summed E-state index contributed by atoms with van der Waals surface area (Å²) in [5.41, 5.74) is 2.55. The summed E-state index contributed by atoms with van der Waals surface area (Å²) in [6.45, 7) is 2.87. The van der Waals surface area contributed by atoms with E-state index in [2.05, 4.69) is 28.4 Å². The standard InChI is InChI=1S/C15H20N2O2/c18-15(16-13-5-3-9-19-11-13)10-17-8-7-12-4-1-2-6-14(12)17/h1-2,4,6,13H,3,5,7-11H2,(H,16,18)/t13-/m1/s1. The van der Waals surface area contributed by atoms with Crippen LogP contribution in [0.4, 0.5) is 5.69 Å². The first-order valence-corrected chi connectivity index (χ1v) is 7.03. The molecule has 0 spiro atoms. The summed E-state index contributed by atoms with van der Waals surface area (Å²) in [6.07, 6.45) is 3.11. The molecule has 3 rings (SSSR count). The molecule has 1 amide bonds. The number of hydrogen-bond acceptors (Lipinski definition) is 3. The van der Waals surface area contributed by atoms with Crippen molar-refractivity contribution in [1.29, 1.82) is 0 Å². The molecule has 2 aliphatic rings. The molecule has 1 atom stereocenters. The molecule has 2 aliphatic heterocycles. The summed E-state index contributed by atoms with van der Waals surface area (Å²) in [4.78, 5) is 14.2. The number of carbonyl (C=O) groups is 1. The predicted molar refractivity (Wildman–Crippen MR) is 74.3 cm³/mol. The monoisotopic (exact) mass is 260 g/mol. The van der Waals surface area contributed by atoms with Crippen LogP contribution in [0.2, 0.25) is 0 Å². The lowest BCUT2D eigenvalue weighted by molar-refractivity contribution is -0.121. The average molecular weight is 260 g/mol. The Bertz CT molecular complexity index is 455. The topological polar surface area (TPSA) is 41.6 Å². The largest absolute Gasteiger partial charge is 0.379 e. The highest BCUT2D eigenvalue weighted by atomic mass is 16.5. The van der Waals surface area contributed by atoms with Gasteiger partial charge in [0.1, 0.15) is 0 Å². The summed E-state index contributed by atoms with van der Waals surface area (Å²) in [5, 5.41) is 3.07. The molecule has 0 unspecified atom stereocenters. The quantitative estimate of drug-likeness (QED) is 0.892. The second kappa shape index (κ2) is 5.61. The smallest absolute Gasteiger partial charge is 0.239 e. The maximum Gasteiger partial charge on any atom is 0.239 e. The van der Waals surface area contributed by atoms with E-state index in [4.69, 9.17) is 4.74 Å². The Morgan fingerprint density at radius 3 is 3.16 bits per heavy atom. The third-order valence-electron chi connectivity index (χ3n) is 3.84. The summed E-state index contributed by atoms with van der Waals surface area (Å²) in [5.74, 6) is 0.104. The van der Waals surface area contributed by atoms with Crippen LogP contribution in [-0.4, -0.2) is 38.3 Å². The summed E-state index contributed by atoms with van der Waals surface area (Å²) >= 11 is 0. The van der Waals surface area contributed by atoms with Crippen molar-refractivity contribution < 1.29 is 9.53 Å². The van der Waals surface area contributed by atoms with Gasteiger partial charge in [-0.15, -0.1) is 0 Å². The number of nitrogens with zero attached hydrogens (tertiary/aromatic N) is 1. The van der Waals surface area contributed by atoms with Crippen molar-refractivity contribution >= 4 is 11.6 Å². The minimum absolute atomic E-state index is 0.104. The van der Waals surface area contributed by atoms with Gasteiger partial charge in [0.05, 0.1) is 19.2 Å². The van der Waals surface area contributed by atoms with Crippen LogP contribution in [0.25, 0.3) is 0 Å². The number of hydrogen-bond donors (Lipinski definition) is 1. The molecule has 1 aromatic rings. The van der Waals surface area contributed by atoms with E-state index in [0.717, 1.165) is 32.4 Å². The maximum atomic E-state index is 12.1. The molecule has 1 saturated heterocycles. The van der Waals surface area contributed by atoms with Crippen LogP contribution in [0.5, 0.6) is 0 Å². The fourth-order valence-corrected chi connectivity index (χ4v) is 2.87. The Labute approximate surface area is 113 Å². The van der Waals surface area contributed by atoms with Gasteiger partial charge >= 0.3 is 0 Å². The minimum Gasteiger partial charge on any atom is -0.379 e. The Balaban J connectivity index is 1.55. The number of amides is 1. The molecule has 102 valence electrons. The summed E-state index contributed by atoms with van der Waals surface area (Å²) < 4.78 is 5.38. The van der Waals surface area contributed by atoms with E-state index in [1.807, 2.05) is 6.07 Å². The molecule has 0 saturated carbocycles. The van der Waals surface area contributed by atoms with Gasteiger partial charge in [-0.25, -0.2) is 0 Å². The third kappa shape index (κ3) is 2.89. The van der Waals surface area contributed by atoms with Gasteiger partial charge in [0, 0.05) is 18.8 Å². The van der Waals surface area contributed by atoms with E-state index in [1.54, 1.807) is 0 Å². The van der Waals surface area contributed by atoms with Crippen molar-refractivity contribution in [3.8, 4) is 0 Å². The van der Waals surface area contributed by atoms with Gasteiger partial charge in [-0.3, -0.25) is 4.79 Å². The fourth-order valence-electron chi connectivity index (χ4n) is 2.87. The van der Waals surface area contributed by atoms with Gasteiger partial charge < -0.3 is 15.0 Å². The van der Waals surface area contributed by atoms with Crippen molar-refractivity contribution in [1.82, 2.24) is 5.32 Å². The van der Waals surface area contributed by atoms with Crippen LogP contribution < -0.4 is 10.2 Å². The van der Waals surface area contributed by atoms with Gasteiger partial charge in [-0.05, 0) is 30.9 Å². The summed E-state index contributed by atoms with van der Waals surface area (Å²) in [6, 6.07) is 8.52. The van der Waals surface area contributed by atoms with E-state index >= 15 is 0 Å². The van der Waals surface area contributed by atoms with Crippen LogP contribution >= 0.6 is 0 Å².